The highest BCUT2D eigenvalue weighted by atomic mass is 16.3. The Bertz CT molecular complexity index is 769. The summed E-state index contributed by atoms with van der Waals surface area (Å²) in [6.07, 6.45) is 8.84. The number of nitrogens with zero attached hydrogens (tertiary/aromatic N) is 1. The van der Waals surface area contributed by atoms with Crippen LogP contribution < -0.4 is 0 Å². The van der Waals surface area contributed by atoms with Crippen LogP contribution in [0.1, 0.15) is 79.7 Å². The molecule has 156 valence electrons. The molecule has 4 rings (SSSR count). The summed E-state index contributed by atoms with van der Waals surface area (Å²) in [6.45, 7) is 6.46. The predicted octanol–water partition coefficient (Wildman–Crippen LogP) is 6.03. The first-order chi connectivity index (χ1) is 14.1. The molecule has 2 aliphatic rings. The minimum atomic E-state index is -0.407. The minimum Gasteiger partial charge on any atom is -0.387 e. The van der Waals surface area contributed by atoms with Gasteiger partial charge in [-0.3, -0.25) is 4.90 Å². The predicted molar refractivity (Wildman–Crippen MR) is 121 cm³/mol. The smallest absolute Gasteiger partial charge is 0.0942 e. The van der Waals surface area contributed by atoms with Crippen LogP contribution in [0.15, 0.2) is 48.5 Å². The van der Waals surface area contributed by atoms with Crippen molar-refractivity contribution >= 4 is 0 Å². The molecule has 2 atom stereocenters. The van der Waals surface area contributed by atoms with Crippen LogP contribution >= 0.6 is 0 Å². The average Bonchev–Trinajstić information content (AvgIpc) is 3.29. The lowest BCUT2D eigenvalue weighted by molar-refractivity contribution is 0.0373. The molecule has 0 radical (unpaired) electrons. The molecule has 1 N–H and O–H groups in total. The summed E-state index contributed by atoms with van der Waals surface area (Å²) in [5.74, 6) is 1.58. The second-order valence-corrected chi connectivity index (χ2v) is 9.51. The Kier molecular flexibility index (Phi) is 6.72. The average molecular weight is 392 g/mol. The van der Waals surface area contributed by atoms with Crippen molar-refractivity contribution in [3.63, 3.8) is 0 Å². The number of likely N-dealkylation sites (tertiary alicyclic amines) is 1. The van der Waals surface area contributed by atoms with Crippen LogP contribution in [0.4, 0.5) is 0 Å². The van der Waals surface area contributed by atoms with Crippen molar-refractivity contribution in [1.82, 2.24) is 4.90 Å². The molecule has 2 aromatic carbocycles. The van der Waals surface area contributed by atoms with Crippen LogP contribution in [0.25, 0.3) is 0 Å². The van der Waals surface area contributed by atoms with Gasteiger partial charge in [-0.15, -0.1) is 0 Å². The summed E-state index contributed by atoms with van der Waals surface area (Å²) in [4.78, 5) is 2.48. The van der Waals surface area contributed by atoms with E-state index in [0.29, 0.717) is 0 Å². The van der Waals surface area contributed by atoms with E-state index in [2.05, 4.69) is 67.3 Å². The van der Waals surface area contributed by atoms with E-state index in [1.54, 1.807) is 5.56 Å². The van der Waals surface area contributed by atoms with Crippen molar-refractivity contribution < 1.29 is 5.11 Å². The standard InChI is InChI=1S/C27H37NO/c1-20-10-12-25(13-11-20)27(29)21(2)28-16-14-22(15-17-28)18-23-6-5-9-26(19-23)24-7-3-4-8-24/h5-6,9-13,19,21-22,24,27,29H,3-4,7-8,14-18H2,1-2H3. The largest absolute Gasteiger partial charge is 0.387 e. The highest BCUT2D eigenvalue weighted by molar-refractivity contribution is 5.27. The number of aryl methyl sites for hydroxylation is 1. The molecule has 1 aliphatic carbocycles. The molecule has 1 heterocycles. The Labute approximate surface area is 177 Å². The van der Waals surface area contributed by atoms with Gasteiger partial charge in [0.2, 0.25) is 0 Å². The number of aliphatic hydroxyl groups is 1. The number of piperidine rings is 1. The molecular weight excluding hydrogens is 354 g/mol. The Hall–Kier alpha value is -1.64. The van der Waals surface area contributed by atoms with Crippen LogP contribution in [-0.4, -0.2) is 29.1 Å². The van der Waals surface area contributed by atoms with Gasteiger partial charge in [0.25, 0.3) is 0 Å². The molecule has 2 fully saturated rings. The van der Waals surface area contributed by atoms with Gasteiger partial charge in [0.05, 0.1) is 6.10 Å². The fourth-order valence-corrected chi connectivity index (χ4v) is 5.37. The second kappa shape index (κ2) is 9.45. The van der Waals surface area contributed by atoms with Gasteiger partial charge in [-0.1, -0.05) is 66.9 Å². The minimum absolute atomic E-state index is 0.171. The van der Waals surface area contributed by atoms with E-state index in [0.717, 1.165) is 30.5 Å². The molecule has 1 aliphatic heterocycles. The van der Waals surface area contributed by atoms with Gasteiger partial charge >= 0.3 is 0 Å². The lowest BCUT2D eigenvalue weighted by atomic mass is 9.87. The van der Waals surface area contributed by atoms with Crippen molar-refractivity contribution in [1.29, 1.82) is 0 Å². The lowest BCUT2D eigenvalue weighted by Gasteiger charge is -2.38. The molecule has 1 saturated carbocycles. The van der Waals surface area contributed by atoms with Gasteiger partial charge in [-0.25, -0.2) is 0 Å². The molecule has 0 spiro atoms. The first-order valence-corrected chi connectivity index (χ1v) is 11.7. The summed E-state index contributed by atoms with van der Waals surface area (Å²) in [7, 11) is 0. The summed E-state index contributed by atoms with van der Waals surface area (Å²) in [6, 6.07) is 17.9. The van der Waals surface area contributed by atoms with Gasteiger partial charge in [-0.2, -0.15) is 0 Å². The lowest BCUT2D eigenvalue weighted by Crippen LogP contribution is -2.43. The number of rotatable bonds is 6. The number of hydrogen-bond acceptors (Lipinski definition) is 2. The van der Waals surface area contributed by atoms with Crippen LogP contribution in [0.3, 0.4) is 0 Å². The molecule has 0 amide bonds. The molecule has 2 nitrogen and oxygen atoms in total. The zero-order chi connectivity index (χ0) is 20.2. The zero-order valence-electron chi connectivity index (χ0n) is 18.2. The molecule has 2 unspecified atom stereocenters. The van der Waals surface area contributed by atoms with E-state index < -0.39 is 6.10 Å². The van der Waals surface area contributed by atoms with Gasteiger partial charge in [-0.05, 0) is 87.6 Å². The van der Waals surface area contributed by atoms with E-state index in [4.69, 9.17) is 0 Å². The molecule has 0 bridgehead atoms. The Morgan fingerprint density at radius 2 is 1.66 bits per heavy atom. The number of aliphatic hydroxyl groups excluding tert-OH is 1. The Morgan fingerprint density at radius 3 is 2.34 bits per heavy atom. The monoisotopic (exact) mass is 391 g/mol. The van der Waals surface area contributed by atoms with Crippen molar-refractivity contribution in [2.24, 2.45) is 5.92 Å². The summed E-state index contributed by atoms with van der Waals surface area (Å²) < 4.78 is 0. The maximum atomic E-state index is 10.8. The third-order valence-corrected chi connectivity index (χ3v) is 7.40. The third kappa shape index (κ3) is 5.10. The van der Waals surface area contributed by atoms with Gasteiger partial charge in [0.1, 0.15) is 0 Å². The van der Waals surface area contributed by atoms with Crippen LogP contribution in [0, 0.1) is 12.8 Å². The van der Waals surface area contributed by atoms with Crippen LogP contribution in [0.2, 0.25) is 0 Å². The Morgan fingerprint density at radius 1 is 0.966 bits per heavy atom. The van der Waals surface area contributed by atoms with E-state index in [9.17, 15) is 5.11 Å². The number of benzene rings is 2. The van der Waals surface area contributed by atoms with Gasteiger partial charge in [0.15, 0.2) is 0 Å². The molecule has 29 heavy (non-hydrogen) atoms. The highest BCUT2D eigenvalue weighted by Crippen LogP contribution is 2.35. The molecule has 2 aromatic rings. The first kappa shape index (κ1) is 20.6. The third-order valence-electron chi connectivity index (χ3n) is 7.40. The summed E-state index contributed by atoms with van der Waals surface area (Å²) in [5.41, 5.74) is 5.38. The van der Waals surface area contributed by atoms with Crippen molar-refractivity contribution in [3.05, 3.63) is 70.8 Å². The van der Waals surface area contributed by atoms with Crippen molar-refractivity contribution in [2.45, 2.75) is 76.9 Å². The highest BCUT2D eigenvalue weighted by Gasteiger charge is 2.27. The maximum Gasteiger partial charge on any atom is 0.0942 e. The second-order valence-electron chi connectivity index (χ2n) is 9.51. The number of hydrogen-bond donors (Lipinski definition) is 1. The van der Waals surface area contributed by atoms with Crippen LogP contribution in [0.5, 0.6) is 0 Å². The Balaban J connectivity index is 1.30. The van der Waals surface area contributed by atoms with Crippen molar-refractivity contribution in [2.75, 3.05) is 13.1 Å². The van der Waals surface area contributed by atoms with E-state index in [-0.39, 0.29) is 6.04 Å². The topological polar surface area (TPSA) is 23.5 Å². The zero-order valence-corrected chi connectivity index (χ0v) is 18.2. The fourth-order valence-electron chi connectivity index (χ4n) is 5.37. The molecular formula is C27H37NO. The van der Waals surface area contributed by atoms with Crippen molar-refractivity contribution in [3.8, 4) is 0 Å². The normalized spacial score (nSPS) is 21.3. The van der Waals surface area contributed by atoms with Gasteiger partial charge < -0.3 is 5.11 Å². The molecule has 0 aromatic heterocycles. The SMILES string of the molecule is Cc1ccc(C(O)C(C)N2CCC(Cc3cccc(C4CCCC4)c3)CC2)cc1. The summed E-state index contributed by atoms with van der Waals surface area (Å²) >= 11 is 0. The van der Waals surface area contributed by atoms with Crippen LogP contribution in [-0.2, 0) is 6.42 Å². The molecule has 2 heteroatoms. The van der Waals surface area contributed by atoms with E-state index in [1.165, 1.54) is 56.1 Å². The quantitative estimate of drug-likeness (QED) is 0.650. The molecule has 1 saturated heterocycles. The van der Waals surface area contributed by atoms with Gasteiger partial charge in [0, 0.05) is 6.04 Å². The van der Waals surface area contributed by atoms with E-state index in [1.807, 2.05) is 0 Å². The maximum absolute atomic E-state index is 10.8. The first-order valence-electron chi connectivity index (χ1n) is 11.7. The fraction of sp³-hybridized carbons (Fsp3) is 0.556. The van der Waals surface area contributed by atoms with E-state index >= 15 is 0 Å². The summed E-state index contributed by atoms with van der Waals surface area (Å²) in [5, 5.41) is 10.8.